The summed E-state index contributed by atoms with van der Waals surface area (Å²) in [4.78, 5) is 7.09. The summed E-state index contributed by atoms with van der Waals surface area (Å²) in [5.74, 6) is 0.983. The molecule has 0 amide bonds. The van der Waals surface area contributed by atoms with Crippen LogP contribution in [0.2, 0.25) is 0 Å². The normalized spacial score (nSPS) is 14.6. The van der Waals surface area contributed by atoms with E-state index in [-0.39, 0.29) is 0 Å². The van der Waals surface area contributed by atoms with Gasteiger partial charge in [0.1, 0.15) is 5.82 Å². The van der Waals surface area contributed by atoms with Crippen molar-refractivity contribution < 1.29 is 0 Å². The van der Waals surface area contributed by atoms with Gasteiger partial charge in [-0.3, -0.25) is 4.90 Å². The Morgan fingerprint density at radius 2 is 2.10 bits per heavy atom. The third-order valence-corrected chi connectivity index (χ3v) is 4.53. The lowest BCUT2D eigenvalue weighted by molar-refractivity contribution is 0.246. The lowest BCUT2D eigenvalue weighted by atomic mass is 10.2. The van der Waals surface area contributed by atoms with Gasteiger partial charge in [-0.1, -0.05) is 13.0 Å². The Balaban J connectivity index is 1.60. The van der Waals surface area contributed by atoms with Crippen molar-refractivity contribution in [1.29, 1.82) is 0 Å². The van der Waals surface area contributed by atoms with E-state index in [0.717, 1.165) is 37.9 Å². The van der Waals surface area contributed by atoms with Crippen molar-refractivity contribution in [2.45, 2.75) is 45.3 Å². The molecule has 0 unspecified atom stereocenters. The summed E-state index contributed by atoms with van der Waals surface area (Å²) in [6.45, 7) is 5.21. The largest absolute Gasteiger partial charge is 0.370 e. The molecule has 4 heteroatoms. The highest BCUT2D eigenvalue weighted by molar-refractivity contribution is 7.07. The summed E-state index contributed by atoms with van der Waals surface area (Å²) < 4.78 is 0. The molecular weight excluding hydrogens is 278 g/mol. The van der Waals surface area contributed by atoms with Gasteiger partial charge in [-0.05, 0) is 53.3 Å². The Bertz CT molecular complexity index is 532. The zero-order chi connectivity index (χ0) is 14.5. The van der Waals surface area contributed by atoms with E-state index < -0.39 is 0 Å². The molecule has 2 aromatic rings. The fraction of sp³-hybridized carbons (Fsp3) is 0.471. The number of pyridine rings is 1. The summed E-state index contributed by atoms with van der Waals surface area (Å²) in [7, 11) is 0. The number of rotatable bonds is 8. The van der Waals surface area contributed by atoms with Gasteiger partial charge in [0.25, 0.3) is 0 Å². The van der Waals surface area contributed by atoms with Crippen LogP contribution in [0.5, 0.6) is 0 Å². The number of thiophene rings is 1. The van der Waals surface area contributed by atoms with E-state index in [1.54, 1.807) is 11.3 Å². The molecule has 1 N–H and O–H groups in total. The number of nitrogens with zero attached hydrogens (tertiary/aromatic N) is 2. The van der Waals surface area contributed by atoms with Gasteiger partial charge in [-0.15, -0.1) is 0 Å². The van der Waals surface area contributed by atoms with Crippen molar-refractivity contribution in [3.8, 4) is 0 Å². The Kier molecular flexibility index (Phi) is 4.88. The maximum Gasteiger partial charge on any atom is 0.125 e. The van der Waals surface area contributed by atoms with Crippen LogP contribution in [0.15, 0.2) is 35.2 Å². The molecule has 0 saturated heterocycles. The topological polar surface area (TPSA) is 28.2 Å². The van der Waals surface area contributed by atoms with Crippen LogP contribution in [0.4, 0.5) is 5.82 Å². The molecule has 0 aromatic carbocycles. The molecule has 1 aliphatic rings. The molecule has 3 nitrogen and oxygen atoms in total. The Hall–Kier alpha value is -1.39. The van der Waals surface area contributed by atoms with E-state index in [9.17, 15) is 0 Å². The van der Waals surface area contributed by atoms with Crippen LogP contribution < -0.4 is 5.32 Å². The average molecular weight is 301 g/mol. The molecule has 1 saturated carbocycles. The molecule has 0 aliphatic heterocycles. The second kappa shape index (κ2) is 7.05. The standard InChI is InChI=1S/C17H23N3S/c1-2-8-18-17-6-3-14(10-19-17)11-20(16-4-5-16)12-15-7-9-21-13-15/h3,6-7,9-10,13,16H,2,4-5,8,11-12H2,1H3,(H,18,19). The zero-order valence-electron chi connectivity index (χ0n) is 12.6. The fourth-order valence-electron chi connectivity index (χ4n) is 2.48. The summed E-state index contributed by atoms with van der Waals surface area (Å²) in [5, 5.41) is 7.74. The molecule has 0 atom stereocenters. The van der Waals surface area contributed by atoms with Crippen LogP contribution in [0.25, 0.3) is 0 Å². The van der Waals surface area contributed by atoms with Gasteiger partial charge in [0.05, 0.1) is 0 Å². The highest BCUT2D eigenvalue weighted by Crippen LogP contribution is 2.30. The average Bonchev–Trinajstić information content (AvgIpc) is 3.24. The van der Waals surface area contributed by atoms with Gasteiger partial charge in [0.2, 0.25) is 0 Å². The molecule has 0 radical (unpaired) electrons. The summed E-state index contributed by atoms with van der Waals surface area (Å²) in [6.07, 6.45) is 5.82. The van der Waals surface area contributed by atoms with E-state index >= 15 is 0 Å². The summed E-state index contributed by atoms with van der Waals surface area (Å²) in [5.41, 5.74) is 2.74. The van der Waals surface area contributed by atoms with Gasteiger partial charge in [-0.25, -0.2) is 4.98 Å². The van der Waals surface area contributed by atoms with E-state index in [0.29, 0.717) is 0 Å². The van der Waals surface area contributed by atoms with Crippen molar-refractivity contribution in [2.24, 2.45) is 0 Å². The van der Waals surface area contributed by atoms with Gasteiger partial charge in [0.15, 0.2) is 0 Å². The predicted molar refractivity (Wildman–Crippen MR) is 89.6 cm³/mol. The van der Waals surface area contributed by atoms with Crippen molar-refractivity contribution in [3.05, 3.63) is 46.3 Å². The van der Waals surface area contributed by atoms with Crippen LogP contribution in [0.3, 0.4) is 0 Å². The van der Waals surface area contributed by atoms with Crippen LogP contribution in [0.1, 0.15) is 37.3 Å². The maximum absolute atomic E-state index is 4.51. The predicted octanol–water partition coefficient (Wildman–Crippen LogP) is 4.13. The summed E-state index contributed by atoms with van der Waals surface area (Å²) in [6, 6.07) is 7.30. The Morgan fingerprint density at radius 1 is 1.24 bits per heavy atom. The first-order valence-corrected chi connectivity index (χ1v) is 8.73. The minimum Gasteiger partial charge on any atom is -0.370 e. The molecular formula is C17H23N3S. The van der Waals surface area contributed by atoms with Gasteiger partial charge < -0.3 is 5.32 Å². The second-order valence-electron chi connectivity index (χ2n) is 5.75. The molecule has 2 heterocycles. The molecule has 112 valence electrons. The quantitative estimate of drug-likeness (QED) is 0.794. The molecule has 1 aliphatic carbocycles. The minimum absolute atomic E-state index is 0.766. The summed E-state index contributed by atoms with van der Waals surface area (Å²) >= 11 is 1.78. The fourth-order valence-corrected chi connectivity index (χ4v) is 3.14. The first-order chi connectivity index (χ1) is 10.3. The number of hydrogen-bond acceptors (Lipinski definition) is 4. The van der Waals surface area contributed by atoms with E-state index in [4.69, 9.17) is 0 Å². The van der Waals surface area contributed by atoms with Crippen molar-refractivity contribution in [3.63, 3.8) is 0 Å². The highest BCUT2D eigenvalue weighted by Gasteiger charge is 2.29. The molecule has 21 heavy (non-hydrogen) atoms. The van der Waals surface area contributed by atoms with Crippen molar-refractivity contribution >= 4 is 17.2 Å². The van der Waals surface area contributed by atoms with Gasteiger partial charge in [0, 0.05) is 31.9 Å². The van der Waals surface area contributed by atoms with Crippen molar-refractivity contribution in [2.75, 3.05) is 11.9 Å². The lowest BCUT2D eigenvalue weighted by Gasteiger charge is -2.21. The monoisotopic (exact) mass is 301 g/mol. The van der Waals surface area contributed by atoms with Crippen LogP contribution in [0, 0.1) is 0 Å². The third kappa shape index (κ3) is 4.29. The van der Waals surface area contributed by atoms with E-state index in [2.05, 4.69) is 51.1 Å². The third-order valence-electron chi connectivity index (χ3n) is 3.80. The maximum atomic E-state index is 4.51. The lowest BCUT2D eigenvalue weighted by Crippen LogP contribution is -2.24. The van der Waals surface area contributed by atoms with Crippen LogP contribution >= 0.6 is 11.3 Å². The Labute approximate surface area is 131 Å². The molecule has 1 fully saturated rings. The van der Waals surface area contributed by atoms with E-state index in [1.807, 2.05) is 6.20 Å². The first-order valence-electron chi connectivity index (χ1n) is 7.79. The van der Waals surface area contributed by atoms with E-state index in [1.165, 1.54) is 24.0 Å². The smallest absolute Gasteiger partial charge is 0.125 e. The molecule has 2 aromatic heterocycles. The zero-order valence-corrected chi connectivity index (χ0v) is 13.4. The number of anilines is 1. The molecule has 0 spiro atoms. The first kappa shape index (κ1) is 14.5. The van der Waals surface area contributed by atoms with Crippen LogP contribution in [-0.2, 0) is 13.1 Å². The molecule has 0 bridgehead atoms. The highest BCUT2D eigenvalue weighted by atomic mass is 32.1. The molecule has 3 rings (SSSR count). The number of aromatic nitrogens is 1. The number of hydrogen-bond donors (Lipinski definition) is 1. The van der Waals surface area contributed by atoms with Gasteiger partial charge in [-0.2, -0.15) is 11.3 Å². The van der Waals surface area contributed by atoms with Gasteiger partial charge >= 0.3 is 0 Å². The van der Waals surface area contributed by atoms with Crippen molar-refractivity contribution in [1.82, 2.24) is 9.88 Å². The Morgan fingerprint density at radius 3 is 2.71 bits per heavy atom. The minimum atomic E-state index is 0.766. The van der Waals surface area contributed by atoms with Crippen LogP contribution in [-0.4, -0.2) is 22.5 Å². The SMILES string of the molecule is CCCNc1ccc(CN(Cc2ccsc2)C2CC2)cn1. The number of nitrogens with one attached hydrogen (secondary N) is 1. The second-order valence-corrected chi connectivity index (χ2v) is 6.53.